The Labute approximate surface area is 184 Å². The Hall–Kier alpha value is -1.59. The van der Waals surface area contributed by atoms with Crippen molar-refractivity contribution in [2.24, 2.45) is 10.9 Å². The lowest BCUT2D eigenvalue weighted by Crippen LogP contribution is -2.51. The number of aliphatic imine (C=N–C) groups is 1. The number of hydrogen-bond donors (Lipinski definition) is 2. The fraction of sp³-hybridized carbons (Fsp3) is 0.720. The minimum atomic E-state index is 0.512. The Balaban J connectivity index is 1.43. The van der Waals surface area contributed by atoms with Gasteiger partial charge < -0.3 is 15.5 Å². The monoisotopic (exact) mass is 413 g/mol. The lowest BCUT2D eigenvalue weighted by atomic mass is 9.94. The van der Waals surface area contributed by atoms with E-state index in [4.69, 9.17) is 4.99 Å². The molecule has 3 rings (SSSR count). The molecule has 168 valence electrons. The molecule has 0 spiro atoms. The number of nitrogens with zero attached hydrogens (tertiary/aromatic N) is 3. The fourth-order valence-corrected chi connectivity index (χ4v) is 4.87. The third kappa shape index (κ3) is 7.28. The van der Waals surface area contributed by atoms with Gasteiger partial charge in [0, 0.05) is 38.3 Å². The van der Waals surface area contributed by atoms with Crippen molar-refractivity contribution >= 4 is 5.96 Å². The fourth-order valence-electron chi connectivity index (χ4n) is 4.87. The van der Waals surface area contributed by atoms with Crippen molar-refractivity contribution in [2.45, 2.75) is 71.5 Å². The molecular formula is C25H43N5. The second-order valence-corrected chi connectivity index (χ2v) is 9.10. The molecule has 2 unspecified atom stereocenters. The lowest BCUT2D eigenvalue weighted by molar-refractivity contribution is 0.134. The second kappa shape index (κ2) is 12.3. The maximum Gasteiger partial charge on any atom is 0.191 e. The van der Waals surface area contributed by atoms with E-state index in [1.807, 2.05) is 0 Å². The van der Waals surface area contributed by atoms with Crippen molar-refractivity contribution in [3.8, 4) is 0 Å². The van der Waals surface area contributed by atoms with Crippen LogP contribution in [-0.2, 0) is 6.54 Å². The molecule has 0 bridgehead atoms. The maximum absolute atomic E-state index is 4.92. The maximum atomic E-state index is 4.92. The molecule has 2 aliphatic rings. The van der Waals surface area contributed by atoms with Crippen molar-refractivity contribution in [2.75, 3.05) is 39.3 Å². The van der Waals surface area contributed by atoms with Gasteiger partial charge in [-0.2, -0.15) is 0 Å². The van der Waals surface area contributed by atoms with Gasteiger partial charge in [0.2, 0.25) is 0 Å². The number of guanidine groups is 1. The lowest BCUT2D eigenvalue weighted by Gasteiger charge is -2.38. The molecule has 0 aliphatic carbocycles. The van der Waals surface area contributed by atoms with Crippen LogP contribution in [0.3, 0.4) is 0 Å². The first-order chi connectivity index (χ1) is 14.7. The summed E-state index contributed by atoms with van der Waals surface area (Å²) in [5.41, 5.74) is 1.41. The van der Waals surface area contributed by atoms with E-state index in [0.29, 0.717) is 12.1 Å². The summed E-state index contributed by atoms with van der Waals surface area (Å²) < 4.78 is 0. The summed E-state index contributed by atoms with van der Waals surface area (Å²) in [4.78, 5) is 10.1. The van der Waals surface area contributed by atoms with Crippen molar-refractivity contribution in [1.82, 2.24) is 20.4 Å². The van der Waals surface area contributed by atoms with Gasteiger partial charge in [-0.05, 0) is 77.1 Å². The molecule has 5 nitrogen and oxygen atoms in total. The highest BCUT2D eigenvalue weighted by molar-refractivity contribution is 5.80. The van der Waals surface area contributed by atoms with E-state index < -0.39 is 0 Å². The number of hydrogen-bond acceptors (Lipinski definition) is 3. The van der Waals surface area contributed by atoms with Crippen LogP contribution in [0.15, 0.2) is 35.3 Å². The Morgan fingerprint density at radius 1 is 1.07 bits per heavy atom. The van der Waals surface area contributed by atoms with E-state index in [2.05, 4.69) is 71.5 Å². The first-order valence-electron chi connectivity index (χ1n) is 12.2. The average molecular weight is 414 g/mol. The summed E-state index contributed by atoms with van der Waals surface area (Å²) in [6.45, 7) is 14.6. The highest BCUT2D eigenvalue weighted by Gasteiger charge is 2.26. The number of likely N-dealkylation sites (tertiary alicyclic amines) is 2. The van der Waals surface area contributed by atoms with Gasteiger partial charge in [0.05, 0.1) is 0 Å². The van der Waals surface area contributed by atoms with Crippen molar-refractivity contribution in [3.05, 3.63) is 35.9 Å². The molecule has 2 atom stereocenters. The third-order valence-corrected chi connectivity index (χ3v) is 6.89. The second-order valence-electron chi connectivity index (χ2n) is 9.10. The van der Waals surface area contributed by atoms with Crippen LogP contribution in [0.2, 0.25) is 0 Å². The van der Waals surface area contributed by atoms with Gasteiger partial charge >= 0.3 is 0 Å². The zero-order chi connectivity index (χ0) is 21.2. The van der Waals surface area contributed by atoms with Crippen LogP contribution in [0, 0.1) is 5.92 Å². The zero-order valence-electron chi connectivity index (χ0n) is 19.4. The van der Waals surface area contributed by atoms with Crippen LogP contribution in [0.1, 0.15) is 58.4 Å². The smallest absolute Gasteiger partial charge is 0.191 e. The summed E-state index contributed by atoms with van der Waals surface area (Å²) in [6.07, 6.45) is 6.25. The number of piperidine rings is 2. The van der Waals surface area contributed by atoms with E-state index in [0.717, 1.165) is 38.1 Å². The molecular weight excluding hydrogens is 370 g/mol. The van der Waals surface area contributed by atoms with Gasteiger partial charge in [-0.25, -0.2) is 0 Å². The molecule has 0 saturated carbocycles. The molecule has 2 saturated heterocycles. The molecule has 30 heavy (non-hydrogen) atoms. The summed E-state index contributed by atoms with van der Waals surface area (Å²) in [5.74, 6) is 1.86. The summed E-state index contributed by atoms with van der Waals surface area (Å²) in [5, 5.41) is 7.20. The SMILES string of the molecule is CCNC(=NCCC1CCN(CC)CC1)NC1CCN(Cc2ccccc2)C(C)C1. The predicted molar refractivity (Wildman–Crippen MR) is 128 cm³/mol. The van der Waals surface area contributed by atoms with Crippen LogP contribution in [-0.4, -0.2) is 67.1 Å². The zero-order valence-corrected chi connectivity index (χ0v) is 19.4. The first-order valence-corrected chi connectivity index (χ1v) is 12.2. The molecule has 0 amide bonds. The van der Waals surface area contributed by atoms with E-state index in [-0.39, 0.29) is 0 Å². The molecule has 1 aromatic carbocycles. The largest absolute Gasteiger partial charge is 0.357 e. The van der Waals surface area contributed by atoms with Gasteiger partial charge in [-0.3, -0.25) is 9.89 Å². The van der Waals surface area contributed by atoms with Gasteiger partial charge in [0.25, 0.3) is 0 Å². The Morgan fingerprint density at radius 3 is 2.50 bits per heavy atom. The molecule has 2 fully saturated rings. The highest BCUT2D eigenvalue weighted by atomic mass is 15.2. The quantitative estimate of drug-likeness (QED) is 0.504. The Morgan fingerprint density at radius 2 is 1.83 bits per heavy atom. The van der Waals surface area contributed by atoms with Gasteiger partial charge in [-0.15, -0.1) is 0 Å². The minimum Gasteiger partial charge on any atom is -0.357 e. The standard InChI is InChI=1S/C25H43N5/c1-4-26-25(27-15-11-22-12-16-29(5-2)17-13-22)28-24-14-18-30(21(3)19-24)20-23-9-7-6-8-10-23/h6-10,21-22,24H,4-5,11-20H2,1-3H3,(H2,26,27,28). The van der Waals surface area contributed by atoms with Crippen LogP contribution in [0.4, 0.5) is 0 Å². The van der Waals surface area contributed by atoms with E-state index in [1.54, 1.807) is 0 Å². The minimum absolute atomic E-state index is 0.512. The van der Waals surface area contributed by atoms with Gasteiger partial charge in [0.1, 0.15) is 0 Å². The first kappa shape index (κ1) is 23.1. The number of nitrogens with one attached hydrogen (secondary N) is 2. The molecule has 2 heterocycles. The highest BCUT2D eigenvalue weighted by Crippen LogP contribution is 2.21. The molecule has 0 radical (unpaired) electrons. The average Bonchev–Trinajstić information content (AvgIpc) is 2.77. The topological polar surface area (TPSA) is 42.9 Å². The van der Waals surface area contributed by atoms with Crippen molar-refractivity contribution in [3.63, 3.8) is 0 Å². The van der Waals surface area contributed by atoms with Gasteiger partial charge in [0.15, 0.2) is 5.96 Å². The van der Waals surface area contributed by atoms with Crippen molar-refractivity contribution in [1.29, 1.82) is 0 Å². The Bertz CT molecular complexity index is 624. The number of rotatable bonds is 8. The van der Waals surface area contributed by atoms with Crippen LogP contribution < -0.4 is 10.6 Å². The van der Waals surface area contributed by atoms with Crippen LogP contribution in [0.25, 0.3) is 0 Å². The third-order valence-electron chi connectivity index (χ3n) is 6.89. The van der Waals surface area contributed by atoms with E-state index >= 15 is 0 Å². The van der Waals surface area contributed by atoms with Crippen molar-refractivity contribution < 1.29 is 0 Å². The molecule has 5 heteroatoms. The normalized spacial score (nSPS) is 24.7. The van der Waals surface area contributed by atoms with Gasteiger partial charge in [-0.1, -0.05) is 37.3 Å². The number of benzene rings is 1. The van der Waals surface area contributed by atoms with Crippen LogP contribution in [0.5, 0.6) is 0 Å². The van der Waals surface area contributed by atoms with Crippen LogP contribution >= 0.6 is 0 Å². The molecule has 1 aromatic rings. The summed E-state index contributed by atoms with van der Waals surface area (Å²) in [7, 11) is 0. The summed E-state index contributed by atoms with van der Waals surface area (Å²) >= 11 is 0. The molecule has 2 N–H and O–H groups in total. The Kier molecular flexibility index (Phi) is 9.47. The van der Waals surface area contributed by atoms with E-state index in [1.165, 1.54) is 57.3 Å². The molecule has 0 aromatic heterocycles. The predicted octanol–water partition coefficient (Wildman–Crippen LogP) is 3.72. The molecule has 2 aliphatic heterocycles. The van der Waals surface area contributed by atoms with E-state index in [9.17, 15) is 0 Å². The summed E-state index contributed by atoms with van der Waals surface area (Å²) in [6, 6.07) is 11.9.